The fourth-order valence-electron chi connectivity index (χ4n) is 2.96. The van der Waals surface area contributed by atoms with E-state index in [0.29, 0.717) is 11.6 Å². The van der Waals surface area contributed by atoms with Crippen molar-refractivity contribution in [3.8, 4) is 0 Å². The zero-order valence-electron chi connectivity index (χ0n) is 14.0. The molecule has 1 saturated heterocycles. The average molecular weight is 417 g/mol. The van der Waals surface area contributed by atoms with Crippen LogP contribution in [0.2, 0.25) is 10.0 Å². The van der Waals surface area contributed by atoms with E-state index in [0.717, 1.165) is 31.9 Å². The fourth-order valence-corrected chi connectivity index (χ4v) is 5.05. The van der Waals surface area contributed by atoms with E-state index in [9.17, 15) is 12.8 Å². The SMILES string of the molecule is O=S(=O)(CCN1CCN(c2ccc(F)cc2)CC1)c1cc(Cl)ccc1Cl. The summed E-state index contributed by atoms with van der Waals surface area (Å²) in [6.07, 6.45) is 0. The van der Waals surface area contributed by atoms with Gasteiger partial charge in [0.2, 0.25) is 0 Å². The molecule has 2 aromatic carbocycles. The highest BCUT2D eigenvalue weighted by Gasteiger charge is 2.22. The lowest BCUT2D eigenvalue weighted by Crippen LogP contribution is -2.47. The van der Waals surface area contributed by atoms with Gasteiger partial charge in [-0.1, -0.05) is 23.2 Å². The molecule has 1 heterocycles. The lowest BCUT2D eigenvalue weighted by atomic mass is 10.2. The number of anilines is 1. The van der Waals surface area contributed by atoms with Gasteiger partial charge in [0, 0.05) is 43.4 Å². The van der Waals surface area contributed by atoms with Crippen LogP contribution in [0.5, 0.6) is 0 Å². The van der Waals surface area contributed by atoms with Gasteiger partial charge in [0.1, 0.15) is 5.82 Å². The van der Waals surface area contributed by atoms with Gasteiger partial charge >= 0.3 is 0 Å². The minimum absolute atomic E-state index is 0.0103. The normalized spacial score (nSPS) is 16.0. The molecule has 1 aliphatic heterocycles. The summed E-state index contributed by atoms with van der Waals surface area (Å²) < 4.78 is 38.1. The second-order valence-electron chi connectivity index (χ2n) is 6.20. The Hall–Kier alpha value is -1.34. The smallest absolute Gasteiger partial charge is 0.181 e. The van der Waals surface area contributed by atoms with Crippen molar-refractivity contribution in [2.45, 2.75) is 4.90 Å². The molecule has 8 heteroatoms. The topological polar surface area (TPSA) is 40.6 Å². The molecule has 0 N–H and O–H groups in total. The lowest BCUT2D eigenvalue weighted by molar-refractivity contribution is 0.272. The molecule has 1 fully saturated rings. The van der Waals surface area contributed by atoms with Crippen LogP contribution in [0, 0.1) is 5.82 Å². The Kier molecular flexibility index (Phi) is 6.07. The first-order valence-electron chi connectivity index (χ1n) is 8.26. The van der Waals surface area contributed by atoms with E-state index in [1.54, 1.807) is 18.2 Å². The van der Waals surface area contributed by atoms with Gasteiger partial charge in [-0.3, -0.25) is 4.90 Å². The van der Waals surface area contributed by atoms with E-state index in [1.807, 2.05) is 0 Å². The summed E-state index contributed by atoms with van der Waals surface area (Å²) in [4.78, 5) is 4.35. The molecule has 0 spiro atoms. The number of sulfone groups is 1. The van der Waals surface area contributed by atoms with E-state index in [-0.39, 0.29) is 21.5 Å². The van der Waals surface area contributed by atoms with Gasteiger partial charge in [0.15, 0.2) is 9.84 Å². The molecule has 0 aromatic heterocycles. The molecule has 1 aliphatic rings. The molecule has 0 amide bonds. The molecular formula is C18H19Cl2FN2O2S. The molecule has 0 radical (unpaired) electrons. The maximum Gasteiger partial charge on any atom is 0.181 e. The highest BCUT2D eigenvalue weighted by atomic mass is 35.5. The van der Waals surface area contributed by atoms with Crippen molar-refractivity contribution in [1.82, 2.24) is 4.90 Å². The van der Waals surface area contributed by atoms with Crippen LogP contribution in [0.1, 0.15) is 0 Å². The van der Waals surface area contributed by atoms with E-state index in [2.05, 4.69) is 9.80 Å². The molecule has 0 saturated carbocycles. The highest BCUT2D eigenvalue weighted by Crippen LogP contribution is 2.26. The van der Waals surface area contributed by atoms with E-state index < -0.39 is 9.84 Å². The highest BCUT2D eigenvalue weighted by molar-refractivity contribution is 7.91. The van der Waals surface area contributed by atoms with Gasteiger partial charge in [-0.2, -0.15) is 0 Å². The van der Waals surface area contributed by atoms with Gasteiger partial charge < -0.3 is 4.90 Å². The monoisotopic (exact) mass is 416 g/mol. The third kappa shape index (κ3) is 4.68. The minimum Gasteiger partial charge on any atom is -0.369 e. The molecule has 0 unspecified atom stereocenters. The number of hydrogen-bond acceptors (Lipinski definition) is 4. The Bertz CT molecular complexity index is 867. The van der Waals surface area contributed by atoms with Crippen LogP contribution < -0.4 is 4.90 Å². The standard InChI is InChI=1S/C18H19Cl2FN2O2S/c19-14-1-6-17(20)18(13-14)26(24,25)12-11-22-7-9-23(10-8-22)16-4-2-15(21)3-5-16/h1-6,13H,7-12H2. The molecule has 3 rings (SSSR count). The van der Waals surface area contributed by atoms with Crippen LogP contribution in [0.4, 0.5) is 10.1 Å². The van der Waals surface area contributed by atoms with Crippen LogP contribution in [0.25, 0.3) is 0 Å². The Morgan fingerprint density at radius 2 is 1.62 bits per heavy atom. The summed E-state index contributed by atoms with van der Waals surface area (Å²) in [5.74, 6) is -0.263. The second-order valence-corrected chi connectivity index (χ2v) is 9.12. The third-order valence-electron chi connectivity index (χ3n) is 4.47. The maximum absolute atomic E-state index is 13.0. The van der Waals surface area contributed by atoms with Gasteiger partial charge in [-0.25, -0.2) is 12.8 Å². The number of hydrogen-bond donors (Lipinski definition) is 0. The number of benzene rings is 2. The fraction of sp³-hybridized carbons (Fsp3) is 0.333. The molecule has 0 aliphatic carbocycles. The predicted octanol–water partition coefficient (Wildman–Crippen LogP) is 3.73. The molecule has 140 valence electrons. The quantitative estimate of drug-likeness (QED) is 0.744. The van der Waals surface area contributed by atoms with Crippen molar-refractivity contribution in [1.29, 1.82) is 0 Å². The van der Waals surface area contributed by atoms with Crippen molar-refractivity contribution >= 4 is 38.7 Å². The van der Waals surface area contributed by atoms with Crippen LogP contribution in [0.15, 0.2) is 47.4 Å². The van der Waals surface area contributed by atoms with Crippen molar-refractivity contribution < 1.29 is 12.8 Å². The van der Waals surface area contributed by atoms with Gasteiger partial charge in [-0.05, 0) is 42.5 Å². The summed E-state index contributed by atoms with van der Waals surface area (Å²) in [7, 11) is -3.50. The van der Waals surface area contributed by atoms with Crippen LogP contribution >= 0.6 is 23.2 Å². The molecule has 0 atom stereocenters. The Labute approximate surface area is 163 Å². The number of nitrogens with zero attached hydrogens (tertiary/aromatic N) is 2. The van der Waals surface area contributed by atoms with Gasteiger partial charge in [0.05, 0.1) is 15.7 Å². The van der Waals surface area contributed by atoms with E-state index >= 15 is 0 Å². The first-order chi connectivity index (χ1) is 12.3. The summed E-state index contributed by atoms with van der Waals surface area (Å²) in [6.45, 7) is 3.46. The molecule has 4 nitrogen and oxygen atoms in total. The van der Waals surface area contributed by atoms with E-state index in [1.165, 1.54) is 24.3 Å². The number of rotatable bonds is 5. The molecular weight excluding hydrogens is 398 g/mol. The Balaban J connectivity index is 1.56. The van der Waals surface area contributed by atoms with Crippen molar-refractivity contribution in [3.05, 3.63) is 58.3 Å². The number of halogens is 3. The van der Waals surface area contributed by atoms with Crippen molar-refractivity contribution in [2.75, 3.05) is 43.4 Å². The Morgan fingerprint density at radius 3 is 2.27 bits per heavy atom. The van der Waals surface area contributed by atoms with Crippen molar-refractivity contribution in [2.24, 2.45) is 0 Å². The van der Waals surface area contributed by atoms with Crippen LogP contribution in [-0.2, 0) is 9.84 Å². The van der Waals surface area contributed by atoms with E-state index in [4.69, 9.17) is 23.2 Å². The van der Waals surface area contributed by atoms with Gasteiger partial charge in [0.25, 0.3) is 0 Å². The zero-order chi connectivity index (χ0) is 18.7. The first kappa shape index (κ1) is 19.4. The summed E-state index contributed by atoms with van der Waals surface area (Å²) in [5.41, 5.74) is 0.976. The molecule has 26 heavy (non-hydrogen) atoms. The minimum atomic E-state index is -3.50. The predicted molar refractivity (Wildman–Crippen MR) is 104 cm³/mol. The summed E-state index contributed by atoms with van der Waals surface area (Å²) in [5, 5.41) is 0.538. The molecule has 0 bridgehead atoms. The zero-order valence-corrected chi connectivity index (χ0v) is 16.4. The molecule has 2 aromatic rings. The Morgan fingerprint density at radius 1 is 0.962 bits per heavy atom. The maximum atomic E-state index is 13.0. The summed E-state index contributed by atoms with van der Waals surface area (Å²) >= 11 is 11.9. The average Bonchev–Trinajstić information content (AvgIpc) is 2.63. The second kappa shape index (κ2) is 8.13. The lowest BCUT2D eigenvalue weighted by Gasteiger charge is -2.36. The first-order valence-corrected chi connectivity index (χ1v) is 10.7. The number of piperazine rings is 1. The van der Waals surface area contributed by atoms with Crippen LogP contribution in [-0.4, -0.2) is 51.8 Å². The van der Waals surface area contributed by atoms with Crippen LogP contribution in [0.3, 0.4) is 0 Å². The van der Waals surface area contributed by atoms with Gasteiger partial charge in [-0.15, -0.1) is 0 Å². The summed E-state index contributed by atoms with van der Waals surface area (Å²) in [6, 6.07) is 10.9. The largest absolute Gasteiger partial charge is 0.369 e. The third-order valence-corrected chi connectivity index (χ3v) is 6.87. The van der Waals surface area contributed by atoms with Crippen molar-refractivity contribution in [3.63, 3.8) is 0 Å².